The summed E-state index contributed by atoms with van der Waals surface area (Å²) in [6, 6.07) is 14.0. The molecule has 4 rings (SSSR count). The Balaban J connectivity index is 1.40. The Hall–Kier alpha value is -3.15. The summed E-state index contributed by atoms with van der Waals surface area (Å²) in [7, 11) is -0.185. The molecule has 2 heterocycles. The minimum Gasteiger partial charge on any atom is -0.442 e. The molecule has 1 fully saturated rings. The fraction of sp³-hybridized carbons (Fsp3) is 0.261. The van der Waals surface area contributed by atoms with Gasteiger partial charge in [0.1, 0.15) is 11.9 Å². The number of ether oxygens (including phenoxy) is 1. The number of hydrogen-bond donors (Lipinski definition) is 1. The van der Waals surface area contributed by atoms with Crippen LogP contribution >= 0.6 is 22.9 Å². The minimum absolute atomic E-state index is 0.167. The van der Waals surface area contributed by atoms with Crippen molar-refractivity contribution < 1.29 is 22.7 Å². The molecular formula is C23H23ClN4O5S2. The van der Waals surface area contributed by atoms with Gasteiger partial charge in [-0.1, -0.05) is 17.7 Å². The summed E-state index contributed by atoms with van der Waals surface area (Å²) in [6.07, 6.45) is -0.00864. The molecule has 0 radical (unpaired) electrons. The zero-order valence-corrected chi connectivity index (χ0v) is 21.6. The summed E-state index contributed by atoms with van der Waals surface area (Å²) in [5.74, 6) is 0.0368. The number of fused-ring (bicyclic) bond motifs is 1. The van der Waals surface area contributed by atoms with Crippen molar-refractivity contribution in [3.8, 4) is 0 Å². The number of anilines is 1. The van der Waals surface area contributed by atoms with Crippen LogP contribution in [0.4, 0.5) is 10.5 Å². The molecule has 1 unspecified atom stereocenters. The van der Waals surface area contributed by atoms with Crippen LogP contribution in [0, 0.1) is 0 Å². The maximum absolute atomic E-state index is 12.6. The predicted molar refractivity (Wildman–Crippen MR) is 138 cm³/mol. The standard InChI is InChI=1S/C23H23ClN4O5S2/c1-27(2)21(26-35(3,31)32)14-5-8-17(9-6-14)28-13-18(33-23(28)30)12-25-22(29)20-10-15-4-7-16(24)11-19(15)34-20/h4-11,18H,12-13H2,1-3H3,(H,25,29)/b26-21+. The third-order valence-electron chi connectivity index (χ3n) is 5.18. The Morgan fingerprint density at radius 3 is 2.60 bits per heavy atom. The highest BCUT2D eigenvalue weighted by Crippen LogP contribution is 2.28. The number of cyclic esters (lactones) is 1. The summed E-state index contributed by atoms with van der Waals surface area (Å²) >= 11 is 7.36. The van der Waals surface area contributed by atoms with E-state index in [1.54, 1.807) is 55.4 Å². The normalized spacial score (nSPS) is 16.5. The fourth-order valence-electron chi connectivity index (χ4n) is 3.59. The number of benzene rings is 2. The van der Waals surface area contributed by atoms with Crippen molar-refractivity contribution in [2.75, 3.05) is 38.3 Å². The van der Waals surface area contributed by atoms with Gasteiger partial charge in [0.25, 0.3) is 15.9 Å². The minimum atomic E-state index is -3.58. The van der Waals surface area contributed by atoms with Crippen LogP contribution in [0.1, 0.15) is 15.2 Å². The van der Waals surface area contributed by atoms with Gasteiger partial charge in [0.15, 0.2) is 0 Å². The molecule has 0 spiro atoms. The van der Waals surface area contributed by atoms with Crippen molar-refractivity contribution in [2.24, 2.45) is 4.40 Å². The lowest BCUT2D eigenvalue weighted by atomic mass is 10.1. The van der Waals surface area contributed by atoms with Gasteiger partial charge in [-0.05, 0) is 47.9 Å². The topological polar surface area (TPSA) is 108 Å². The molecule has 1 aliphatic heterocycles. The van der Waals surface area contributed by atoms with E-state index >= 15 is 0 Å². The molecule has 1 saturated heterocycles. The molecule has 35 heavy (non-hydrogen) atoms. The number of thiophene rings is 1. The van der Waals surface area contributed by atoms with Crippen molar-refractivity contribution in [2.45, 2.75) is 6.10 Å². The lowest BCUT2D eigenvalue weighted by Gasteiger charge is -2.17. The lowest BCUT2D eigenvalue weighted by Crippen LogP contribution is -2.34. The second-order valence-corrected chi connectivity index (χ2v) is 11.4. The van der Waals surface area contributed by atoms with Gasteiger partial charge in [0.05, 0.1) is 24.2 Å². The largest absolute Gasteiger partial charge is 0.442 e. The molecule has 3 aromatic rings. The number of amidine groups is 1. The third-order valence-corrected chi connectivity index (χ3v) is 7.02. The van der Waals surface area contributed by atoms with E-state index in [0.29, 0.717) is 21.2 Å². The molecule has 1 aliphatic rings. The van der Waals surface area contributed by atoms with Crippen molar-refractivity contribution in [1.29, 1.82) is 0 Å². The summed E-state index contributed by atoms with van der Waals surface area (Å²) in [4.78, 5) is 28.6. The summed E-state index contributed by atoms with van der Waals surface area (Å²) < 4.78 is 33.3. The van der Waals surface area contributed by atoms with Crippen molar-refractivity contribution in [3.63, 3.8) is 0 Å². The number of carbonyl (C=O) groups is 2. The number of halogens is 1. The van der Waals surface area contributed by atoms with Crippen LogP contribution in [0.2, 0.25) is 5.02 Å². The third kappa shape index (κ3) is 5.92. The van der Waals surface area contributed by atoms with Crippen LogP contribution < -0.4 is 10.2 Å². The number of nitrogens with one attached hydrogen (secondary N) is 1. The van der Waals surface area contributed by atoms with Gasteiger partial charge < -0.3 is 15.0 Å². The average Bonchev–Trinajstić information content (AvgIpc) is 3.38. The number of carbonyl (C=O) groups excluding carboxylic acids is 2. The van der Waals surface area contributed by atoms with Crippen molar-refractivity contribution in [3.05, 3.63) is 64.0 Å². The van der Waals surface area contributed by atoms with E-state index < -0.39 is 22.2 Å². The zero-order chi connectivity index (χ0) is 25.3. The molecular weight excluding hydrogens is 512 g/mol. The molecule has 2 aromatic carbocycles. The maximum Gasteiger partial charge on any atom is 0.414 e. The summed E-state index contributed by atoms with van der Waals surface area (Å²) in [5, 5.41) is 4.37. The van der Waals surface area contributed by atoms with E-state index in [2.05, 4.69) is 9.71 Å². The number of rotatable bonds is 6. The Kier molecular flexibility index (Phi) is 7.02. The molecule has 1 aromatic heterocycles. The molecule has 12 heteroatoms. The van der Waals surface area contributed by atoms with E-state index in [1.807, 2.05) is 12.1 Å². The predicted octanol–water partition coefficient (Wildman–Crippen LogP) is 3.58. The number of hydrogen-bond acceptors (Lipinski definition) is 6. The average molecular weight is 535 g/mol. The van der Waals surface area contributed by atoms with Gasteiger partial charge in [-0.15, -0.1) is 15.7 Å². The van der Waals surface area contributed by atoms with Gasteiger partial charge >= 0.3 is 6.09 Å². The number of nitrogens with zero attached hydrogens (tertiary/aromatic N) is 3. The van der Waals surface area contributed by atoms with Crippen LogP contribution in [-0.2, 0) is 14.8 Å². The summed E-state index contributed by atoms with van der Waals surface area (Å²) in [5.41, 5.74) is 1.18. The maximum atomic E-state index is 12.6. The number of amides is 2. The van der Waals surface area contributed by atoms with Crippen LogP contribution in [0.15, 0.2) is 52.9 Å². The second-order valence-electron chi connectivity index (χ2n) is 8.21. The van der Waals surface area contributed by atoms with E-state index in [9.17, 15) is 18.0 Å². The van der Waals surface area contributed by atoms with E-state index in [-0.39, 0.29) is 24.8 Å². The van der Waals surface area contributed by atoms with E-state index in [4.69, 9.17) is 16.3 Å². The van der Waals surface area contributed by atoms with Crippen molar-refractivity contribution >= 4 is 66.6 Å². The first kappa shape index (κ1) is 25.0. The molecule has 1 N–H and O–H groups in total. The summed E-state index contributed by atoms with van der Waals surface area (Å²) in [6.45, 7) is 0.429. The Morgan fingerprint density at radius 1 is 1.23 bits per heavy atom. The van der Waals surface area contributed by atoms with Gasteiger partial charge in [0.2, 0.25) is 0 Å². The highest BCUT2D eigenvalue weighted by molar-refractivity contribution is 7.89. The quantitative estimate of drug-likeness (QED) is 0.382. The highest BCUT2D eigenvalue weighted by atomic mass is 35.5. The number of sulfonamides is 1. The zero-order valence-electron chi connectivity index (χ0n) is 19.2. The molecule has 0 aliphatic carbocycles. The highest BCUT2D eigenvalue weighted by Gasteiger charge is 2.32. The van der Waals surface area contributed by atoms with Gasteiger partial charge in [-0.3, -0.25) is 9.69 Å². The first-order valence-electron chi connectivity index (χ1n) is 10.5. The first-order chi connectivity index (χ1) is 16.5. The van der Waals surface area contributed by atoms with Crippen LogP contribution in [-0.4, -0.2) is 70.7 Å². The molecule has 2 amide bonds. The monoisotopic (exact) mass is 534 g/mol. The molecule has 0 bridgehead atoms. The first-order valence-corrected chi connectivity index (χ1v) is 13.6. The molecule has 0 saturated carbocycles. The van der Waals surface area contributed by atoms with Crippen LogP contribution in [0.3, 0.4) is 0 Å². The fourth-order valence-corrected chi connectivity index (χ4v) is 5.43. The van der Waals surface area contributed by atoms with Gasteiger partial charge in [-0.2, -0.15) is 0 Å². The Labute approximate surface area is 212 Å². The molecule has 1 atom stereocenters. The van der Waals surface area contributed by atoms with Gasteiger partial charge in [-0.25, -0.2) is 13.2 Å². The van der Waals surface area contributed by atoms with Crippen LogP contribution in [0.5, 0.6) is 0 Å². The van der Waals surface area contributed by atoms with E-state index in [0.717, 1.165) is 16.3 Å². The van der Waals surface area contributed by atoms with Crippen molar-refractivity contribution in [1.82, 2.24) is 10.2 Å². The Bertz CT molecular complexity index is 1420. The van der Waals surface area contributed by atoms with E-state index in [1.165, 1.54) is 16.2 Å². The smallest absolute Gasteiger partial charge is 0.414 e. The molecule has 184 valence electrons. The molecule has 9 nitrogen and oxygen atoms in total. The Morgan fingerprint density at radius 2 is 1.94 bits per heavy atom. The van der Waals surface area contributed by atoms with Gasteiger partial charge in [0, 0.05) is 35.1 Å². The second kappa shape index (κ2) is 9.84. The lowest BCUT2D eigenvalue weighted by molar-refractivity contribution is 0.0920. The van der Waals surface area contributed by atoms with Crippen LogP contribution in [0.25, 0.3) is 10.1 Å². The SMILES string of the molecule is CN(C)/C(=N/S(C)(=O)=O)c1ccc(N2CC(CNC(=O)c3cc4ccc(Cl)cc4s3)OC2=O)cc1.